The molecule has 0 radical (unpaired) electrons. The summed E-state index contributed by atoms with van der Waals surface area (Å²) < 4.78 is 1.81. The lowest BCUT2D eigenvalue weighted by Gasteiger charge is -2.32. The lowest BCUT2D eigenvalue weighted by molar-refractivity contribution is -0.135. The van der Waals surface area contributed by atoms with Crippen LogP contribution in [0.25, 0.3) is 0 Å². The first-order chi connectivity index (χ1) is 11.7. The average molecular weight is 328 g/mol. The fourth-order valence-corrected chi connectivity index (χ4v) is 2.94. The van der Waals surface area contributed by atoms with Crippen LogP contribution in [-0.2, 0) is 4.79 Å². The average Bonchev–Trinajstić information content (AvgIpc) is 3.10. The fourth-order valence-electron chi connectivity index (χ4n) is 2.94. The van der Waals surface area contributed by atoms with Gasteiger partial charge >= 0.3 is 0 Å². The lowest BCUT2D eigenvalue weighted by Crippen LogP contribution is -2.40. The number of nitrogens with zero attached hydrogens (tertiary/aromatic N) is 3. The molecule has 24 heavy (non-hydrogen) atoms. The van der Waals surface area contributed by atoms with Crippen molar-refractivity contribution in [3.05, 3.63) is 48.2 Å². The summed E-state index contributed by atoms with van der Waals surface area (Å²) in [6, 6.07) is 10.9. The molecule has 7 heteroatoms. The van der Waals surface area contributed by atoms with Crippen LogP contribution in [0.2, 0.25) is 0 Å². The van der Waals surface area contributed by atoms with Crippen LogP contribution in [0.5, 0.6) is 0 Å². The maximum atomic E-state index is 12.3. The normalized spacial score (nSPS) is 15.3. The number of nitrogens with one attached hydrogen (secondary N) is 1. The van der Waals surface area contributed by atoms with Crippen molar-refractivity contribution >= 4 is 17.6 Å². The standard InChI is InChI=1S/C17H20N4O3/c22-12-16(23)20-10-7-14(8-11-20)21-15(6-9-18-21)19-17(24)13-4-2-1-3-5-13/h1-6,9,14,22H,7-8,10-12H2,(H,19,24). The van der Waals surface area contributed by atoms with Gasteiger partial charge in [-0.3, -0.25) is 9.59 Å². The Bertz CT molecular complexity index is 706. The number of carbonyl (C=O) groups excluding carboxylic acids is 2. The van der Waals surface area contributed by atoms with E-state index in [-0.39, 0.29) is 17.9 Å². The molecule has 1 saturated heterocycles. The van der Waals surface area contributed by atoms with Gasteiger partial charge in [0.25, 0.3) is 5.91 Å². The number of benzene rings is 1. The van der Waals surface area contributed by atoms with Crippen molar-refractivity contribution in [1.29, 1.82) is 0 Å². The molecule has 0 bridgehead atoms. The molecule has 2 heterocycles. The highest BCUT2D eigenvalue weighted by Gasteiger charge is 2.25. The molecule has 7 nitrogen and oxygen atoms in total. The first-order valence-electron chi connectivity index (χ1n) is 7.97. The van der Waals surface area contributed by atoms with Crippen molar-refractivity contribution < 1.29 is 14.7 Å². The molecule has 0 unspecified atom stereocenters. The van der Waals surface area contributed by atoms with E-state index in [0.29, 0.717) is 24.5 Å². The monoisotopic (exact) mass is 328 g/mol. The number of hydrogen-bond donors (Lipinski definition) is 2. The Balaban J connectivity index is 1.66. The Morgan fingerprint density at radius 3 is 2.54 bits per heavy atom. The van der Waals surface area contributed by atoms with Crippen LogP contribution in [0.4, 0.5) is 5.82 Å². The van der Waals surface area contributed by atoms with Crippen LogP contribution in [0.3, 0.4) is 0 Å². The van der Waals surface area contributed by atoms with Crippen LogP contribution < -0.4 is 5.32 Å². The van der Waals surface area contributed by atoms with Gasteiger partial charge in [0.1, 0.15) is 12.4 Å². The summed E-state index contributed by atoms with van der Waals surface area (Å²) in [6.45, 7) is 0.705. The van der Waals surface area contributed by atoms with Crippen molar-refractivity contribution in [3.63, 3.8) is 0 Å². The fraction of sp³-hybridized carbons (Fsp3) is 0.353. The molecule has 126 valence electrons. The molecular weight excluding hydrogens is 308 g/mol. The van der Waals surface area contributed by atoms with Crippen molar-refractivity contribution in [2.75, 3.05) is 25.0 Å². The Hall–Kier alpha value is -2.67. The Morgan fingerprint density at radius 2 is 1.88 bits per heavy atom. The zero-order valence-corrected chi connectivity index (χ0v) is 13.3. The van der Waals surface area contributed by atoms with Crippen molar-refractivity contribution in [3.8, 4) is 0 Å². The first kappa shape index (κ1) is 16.2. The smallest absolute Gasteiger partial charge is 0.256 e. The maximum Gasteiger partial charge on any atom is 0.256 e. The third-order valence-electron chi connectivity index (χ3n) is 4.25. The van der Waals surface area contributed by atoms with Gasteiger partial charge in [-0.1, -0.05) is 18.2 Å². The number of hydrogen-bond acceptors (Lipinski definition) is 4. The second-order valence-corrected chi connectivity index (χ2v) is 5.75. The largest absolute Gasteiger partial charge is 0.387 e. The van der Waals surface area contributed by atoms with Gasteiger partial charge < -0.3 is 15.3 Å². The van der Waals surface area contributed by atoms with E-state index in [1.54, 1.807) is 29.3 Å². The zero-order valence-electron chi connectivity index (χ0n) is 13.3. The highest BCUT2D eigenvalue weighted by atomic mass is 16.3. The molecule has 2 aromatic rings. The molecule has 0 spiro atoms. The number of aromatic nitrogens is 2. The minimum atomic E-state index is -0.454. The highest BCUT2D eigenvalue weighted by molar-refractivity contribution is 6.03. The van der Waals surface area contributed by atoms with Crippen LogP contribution in [0, 0.1) is 0 Å². The number of rotatable bonds is 4. The summed E-state index contributed by atoms with van der Waals surface area (Å²) in [6.07, 6.45) is 3.13. The predicted molar refractivity (Wildman–Crippen MR) is 88.6 cm³/mol. The van der Waals surface area contributed by atoms with E-state index in [2.05, 4.69) is 10.4 Å². The van der Waals surface area contributed by atoms with E-state index in [1.165, 1.54) is 0 Å². The first-order valence-corrected chi connectivity index (χ1v) is 7.97. The predicted octanol–water partition coefficient (Wildman–Crippen LogP) is 1.29. The molecule has 0 aliphatic carbocycles. The minimum Gasteiger partial charge on any atom is -0.387 e. The number of aliphatic hydroxyl groups excluding tert-OH is 1. The van der Waals surface area contributed by atoms with Crippen LogP contribution in [0.1, 0.15) is 29.2 Å². The topological polar surface area (TPSA) is 87.5 Å². The summed E-state index contributed by atoms with van der Waals surface area (Å²) in [7, 11) is 0. The van der Waals surface area contributed by atoms with Gasteiger partial charge in [0.2, 0.25) is 5.91 Å². The van der Waals surface area contributed by atoms with Crippen molar-refractivity contribution in [1.82, 2.24) is 14.7 Å². The SMILES string of the molecule is O=C(Nc1ccnn1C1CCN(C(=O)CO)CC1)c1ccccc1. The van der Waals surface area contributed by atoms with E-state index in [0.717, 1.165) is 12.8 Å². The maximum absolute atomic E-state index is 12.3. The Kier molecular flexibility index (Phi) is 4.90. The van der Waals surface area contributed by atoms with Crippen molar-refractivity contribution in [2.45, 2.75) is 18.9 Å². The van der Waals surface area contributed by atoms with Gasteiger partial charge in [-0.15, -0.1) is 0 Å². The molecule has 0 saturated carbocycles. The summed E-state index contributed by atoms with van der Waals surface area (Å²) >= 11 is 0. The van der Waals surface area contributed by atoms with E-state index in [4.69, 9.17) is 5.11 Å². The molecule has 1 fully saturated rings. The minimum absolute atomic E-state index is 0.119. The number of aliphatic hydroxyl groups is 1. The number of anilines is 1. The second-order valence-electron chi connectivity index (χ2n) is 5.75. The van der Waals surface area contributed by atoms with Crippen molar-refractivity contribution in [2.24, 2.45) is 0 Å². The summed E-state index contributed by atoms with van der Waals surface area (Å²) in [4.78, 5) is 25.5. The van der Waals surface area contributed by atoms with Gasteiger partial charge in [0, 0.05) is 24.7 Å². The molecule has 1 aliphatic heterocycles. The number of piperidine rings is 1. The van der Waals surface area contributed by atoms with E-state index < -0.39 is 6.61 Å². The van der Waals surface area contributed by atoms with Gasteiger partial charge in [-0.2, -0.15) is 5.10 Å². The summed E-state index contributed by atoms with van der Waals surface area (Å²) in [5, 5.41) is 16.1. The van der Waals surface area contributed by atoms with Crippen LogP contribution in [0.15, 0.2) is 42.6 Å². The van der Waals surface area contributed by atoms with Crippen LogP contribution in [-0.4, -0.2) is 51.3 Å². The zero-order chi connectivity index (χ0) is 16.9. The molecule has 1 aliphatic rings. The molecule has 0 atom stereocenters. The lowest BCUT2D eigenvalue weighted by atomic mass is 10.1. The van der Waals surface area contributed by atoms with Gasteiger partial charge in [0.15, 0.2) is 0 Å². The molecule has 3 rings (SSSR count). The van der Waals surface area contributed by atoms with Crippen LogP contribution >= 0.6 is 0 Å². The number of carbonyl (C=O) groups is 2. The second kappa shape index (κ2) is 7.27. The third-order valence-corrected chi connectivity index (χ3v) is 4.25. The van der Waals surface area contributed by atoms with E-state index in [9.17, 15) is 9.59 Å². The molecule has 1 aromatic carbocycles. The molecule has 2 N–H and O–H groups in total. The van der Waals surface area contributed by atoms with E-state index in [1.807, 2.05) is 22.9 Å². The van der Waals surface area contributed by atoms with E-state index >= 15 is 0 Å². The molecular formula is C17H20N4O3. The number of likely N-dealkylation sites (tertiary alicyclic amines) is 1. The highest BCUT2D eigenvalue weighted by Crippen LogP contribution is 2.25. The Labute approximate surface area is 139 Å². The summed E-state index contributed by atoms with van der Waals surface area (Å²) in [5.41, 5.74) is 0.591. The molecule has 2 amide bonds. The molecule has 1 aromatic heterocycles. The van der Waals surface area contributed by atoms with Gasteiger partial charge in [0.05, 0.1) is 12.2 Å². The third kappa shape index (κ3) is 3.46. The van der Waals surface area contributed by atoms with Gasteiger partial charge in [-0.25, -0.2) is 4.68 Å². The quantitative estimate of drug-likeness (QED) is 0.885. The summed E-state index contributed by atoms with van der Waals surface area (Å²) in [5.74, 6) is 0.229. The Morgan fingerprint density at radius 1 is 1.17 bits per heavy atom. The van der Waals surface area contributed by atoms with Gasteiger partial charge in [-0.05, 0) is 25.0 Å². The number of amides is 2.